The lowest BCUT2D eigenvalue weighted by Gasteiger charge is -2.14. The molecule has 1 aromatic carbocycles. The molecule has 0 saturated carbocycles. The summed E-state index contributed by atoms with van der Waals surface area (Å²) in [4.78, 5) is 8.75. The van der Waals surface area contributed by atoms with E-state index in [0.717, 1.165) is 18.8 Å². The Kier molecular flexibility index (Phi) is 5.30. The smallest absolute Gasteiger partial charge is 0.264 e. The Morgan fingerprint density at radius 3 is 2.78 bits per heavy atom. The first-order chi connectivity index (χ1) is 11.2. The highest BCUT2D eigenvalue weighted by atomic mass is 79.9. The van der Waals surface area contributed by atoms with Gasteiger partial charge in [0.15, 0.2) is 5.82 Å². The van der Waals surface area contributed by atoms with Gasteiger partial charge >= 0.3 is 0 Å². The molecule has 1 fully saturated rings. The maximum atomic E-state index is 5.86. The van der Waals surface area contributed by atoms with Crippen molar-refractivity contribution in [1.29, 1.82) is 0 Å². The fraction of sp³-hybridized carbons (Fsp3) is 0.375. The minimum Gasteiger partial charge on any atom is -0.497 e. The van der Waals surface area contributed by atoms with E-state index in [-0.39, 0.29) is 0 Å². The Hall–Kier alpha value is -1.86. The van der Waals surface area contributed by atoms with E-state index in [1.807, 2.05) is 24.3 Å². The van der Waals surface area contributed by atoms with Gasteiger partial charge in [-0.05, 0) is 59.6 Å². The summed E-state index contributed by atoms with van der Waals surface area (Å²) in [5.74, 6) is 2.55. The lowest BCUT2D eigenvalue weighted by atomic mass is 10.2. The van der Waals surface area contributed by atoms with E-state index in [0.29, 0.717) is 28.1 Å². The molecule has 1 aliphatic heterocycles. The number of methoxy groups -OCH3 is 1. The van der Waals surface area contributed by atoms with Gasteiger partial charge in [0.05, 0.1) is 13.3 Å². The molecular weight excluding hydrogens is 360 g/mol. The number of hydrogen-bond acceptors (Lipinski definition) is 6. The molecule has 122 valence electrons. The second-order valence-corrected chi connectivity index (χ2v) is 6.11. The summed E-state index contributed by atoms with van der Waals surface area (Å²) in [7, 11) is 1.63. The predicted molar refractivity (Wildman–Crippen MR) is 92.3 cm³/mol. The molecule has 0 amide bonds. The van der Waals surface area contributed by atoms with Crippen LogP contribution in [-0.2, 0) is 0 Å². The molecule has 2 heterocycles. The van der Waals surface area contributed by atoms with Gasteiger partial charge in [-0.2, -0.15) is 0 Å². The number of nitrogens with zero attached hydrogens (tertiary/aromatic N) is 2. The van der Waals surface area contributed by atoms with Crippen molar-refractivity contribution in [1.82, 2.24) is 15.3 Å². The summed E-state index contributed by atoms with van der Waals surface area (Å²) in [6.45, 7) is 1.88. The van der Waals surface area contributed by atoms with Gasteiger partial charge in [0, 0.05) is 12.6 Å². The van der Waals surface area contributed by atoms with E-state index in [4.69, 9.17) is 9.47 Å². The van der Waals surface area contributed by atoms with Crippen molar-refractivity contribution in [3.05, 3.63) is 35.1 Å². The van der Waals surface area contributed by atoms with Crippen LogP contribution in [0.1, 0.15) is 12.8 Å². The van der Waals surface area contributed by atoms with Crippen LogP contribution < -0.4 is 20.1 Å². The zero-order valence-electron chi connectivity index (χ0n) is 12.9. The van der Waals surface area contributed by atoms with Crippen molar-refractivity contribution < 1.29 is 9.47 Å². The highest BCUT2D eigenvalue weighted by Crippen LogP contribution is 2.28. The number of aromatic nitrogens is 2. The molecule has 2 N–H and O–H groups in total. The Balaban J connectivity index is 1.72. The normalized spacial score (nSPS) is 17.0. The molecule has 0 bridgehead atoms. The van der Waals surface area contributed by atoms with Crippen molar-refractivity contribution in [2.45, 2.75) is 18.9 Å². The Labute approximate surface area is 143 Å². The quantitative estimate of drug-likeness (QED) is 0.804. The van der Waals surface area contributed by atoms with Crippen LogP contribution in [0.5, 0.6) is 17.4 Å². The fourth-order valence-corrected chi connectivity index (χ4v) is 2.71. The van der Waals surface area contributed by atoms with Gasteiger partial charge in [0.25, 0.3) is 5.88 Å². The molecule has 1 atom stereocenters. The van der Waals surface area contributed by atoms with Crippen LogP contribution in [0.3, 0.4) is 0 Å². The molecule has 0 unspecified atom stereocenters. The van der Waals surface area contributed by atoms with Crippen molar-refractivity contribution in [2.75, 3.05) is 25.5 Å². The van der Waals surface area contributed by atoms with E-state index in [2.05, 4.69) is 36.5 Å². The number of halogens is 1. The second-order valence-electron chi connectivity index (χ2n) is 5.30. The maximum absolute atomic E-state index is 5.86. The Morgan fingerprint density at radius 1 is 1.30 bits per heavy atom. The lowest BCUT2D eigenvalue weighted by molar-refractivity contribution is 0.412. The molecular formula is C16H19BrN4O2. The first-order valence-corrected chi connectivity index (χ1v) is 8.35. The van der Waals surface area contributed by atoms with Crippen molar-refractivity contribution in [3.8, 4) is 17.4 Å². The summed E-state index contributed by atoms with van der Waals surface area (Å²) in [6.07, 6.45) is 4.05. The van der Waals surface area contributed by atoms with E-state index in [1.165, 1.54) is 12.8 Å². The standard InChI is InChI=1S/C16H19BrN4O2/c1-22-12-4-6-13(7-5-12)23-16-15(20-10-14(17)21-16)19-9-11-3-2-8-18-11/h4-7,10-11,18H,2-3,8-9H2,1H3,(H,19,20)/t11-/m0/s1. The number of benzene rings is 1. The van der Waals surface area contributed by atoms with Crippen LogP contribution in [-0.4, -0.2) is 36.2 Å². The average Bonchev–Trinajstić information content (AvgIpc) is 3.08. The molecule has 3 rings (SSSR count). The Morgan fingerprint density at radius 2 is 2.09 bits per heavy atom. The van der Waals surface area contributed by atoms with Crippen LogP contribution in [0.15, 0.2) is 35.1 Å². The monoisotopic (exact) mass is 378 g/mol. The molecule has 0 aliphatic carbocycles. The number of ether oxygens (including phenoxy) is 2. The summed E-state index contributed by atoms with van der Waals surface area (Å²) in [5.41, 5.74) is 0. The van der Waals surface area contributed by atoms with Crippen LogP contribution >= 0.6 is 15.9 Å². The van der Waals surface area contributed by atoms with Gasteiger partial charge in [-0.25, -0.2) is 9.97 Å². The summed E-state index contributed by atoms with van der Waals surface area (Å²) >= 11 is 3.34. The lowest BCUT2D eigenvalue weighted by Crippen LogP contribution is -2.29. The molecule has 6 nitrogen and oxygen atoms in total. The van der Waals surface area contributed by atoms with E-state index in [1.54, 1.807) is 13.3 Å². The zero-order valence-corrected chi connectivity index (χ0v) is 14.5. The van der Waals surface area contributed by atoms with E-state index in [9.17, 15) is 0 Å². The Bertz CT molecular complexity index is 645. The van der Waals surface area contributed by atoms with E-state index < -0.39 is 0 Å². The zero-order chi connectivity index (χ0) is 16.1. The van der Waals surface area contributed by atoms with Crippen molar-refractivity contribution in [2.24, 2.45) is 0 Å². The third-order valence-electron chi connectivity index (χ3n) is 3.66. The molecule has 0 spiro atoms. The number of hydrogen-bond donors (Lipinski definition) is 2. The SMILES string of the molecule is COc1ccc(Oc2nc(Br)cnc2NC[C@@H]2CCCN2)cc1. The molecule has 0 radical (unpaired) electrons. The van der Waals surface area contributed by atoms with Crippen molar-refractivity contribution in [3.63, 3.8) is 0 Å². The maximum Gasteiger partial charge on any atom is 0.264 e. The highest BCUT2D eigenvalue weighted by molar-refractivity contribution is 9.10. The first-order valence-electron chi connectivity index (χ1n) is 7.56. The third kappa shape index (κ3) is 4.33. The third-order valence-corrected chi connectivity index (χ3v) is 4.05. The average molecular weight is 379 g/mol. The van der Waals surface area contributed by atoms with Gasteiger partial charge in [0.1, 0.15) is 16.1 Å². The number of rotatable bonds is 6. The van der Waals surface area contributed by atoms with Crippen LogP contribution in [0, 0.1) is 0 Å². The summed E-state index contributed by atoms with van der Waals surface area (Å²) < 4.78 is 11.6. The number of nitrogens with one attached hydrogen (secondary N) is 2. The molecule has 23 heavy (non-hydrogen) atoms. The molecule has 1 aromatic heterocycles. The first kappa shape index (κ1) is 16.0. The molecule has 1 aliphatic rings. The molecule has 1 saturated heterocycles. The molecule has 2 aromatic rings. The van der Waals surface area contributed by atoms with Crippen LogP contribution in [0.25, 0.3) is 0 Å². The summed E-state index contributed by atoms with van der Waals surface area (Å²) in [6, 6.07) is 7.83. The topological polar surface area (TPSA) is 68.3 Å². The highest BCUT2D eigenvalue weighted by Gasteiger charge is 2.16. The largest absolute Gasteiger partial charge is 0.497 e. The summed E-state index contributed by atoms with van der Waals surface area (Å²) in [5, 5.41) is 6.76. The fourth-order valence-electron chi connectivity index (χ4n) is 2.45. The van der Waals surface area contributed by atoms with Gasteiger partial charge < -0.3 is 20.1 Å². The van der Waals surface area contributed by atoms with Gasteiger partial charge in [-0.1, -0.05) is 0 Å². The minimum absolute atomic E-state index is 0.447. The van der Waals surface area contributed by atoms with Gasteiger partial charge in [-0.15, -0.1) is 0 Å². The second kappa shape index (κ2) is 7.61. The van der Waals surface area contributed by atoms with Crippen molar-refractivity contribution >= 4 is 21.7 Å². The van der Waals surface area contributed by atoms with Gasteiger partial charge in [0.2, 0.25) is 0 Å². The number of anilines is 1. The van der Waals surface area contributed by atoms with E-state index >= 15 is 0 Å². The van der Waals surface area contributed by atoms with Gasteiger partial charge in [-0.3, -0.25) is 0 Å². The minimum atomic E-state index is 0.447. The van der Waals surface area contributed by atoms with Crippen LogP contribution in [0.2, 0.25) is 0 Å². The predicted octanol–water partition coefficient (Wildman–Crippen LogP) is 3.20. The molecule has 7 heteroatoms. The van der Waals surface area contributed by atoms with Crippen LogP contribution in [0.4, 0.5) is 5.82 Å².